The summed E-state index contributed by atoms with van der Waals surface area (Å²) < 4.78 is 0. The van der Waals surface area contributed by atoms with Crippen LogP contribution >= 0.6 is 11.3 Å². The number of benzene rings is 1. The molecule has 0 aliphatic rings. The Bertz CT molecular complexity index is 633. The van der Waals surface area contributed by atoms with E-state index in [1.807, 2.05) is 17.5 Å². The molecule has 1 amide bonds. The van der Waals surface area contributed by atoms with Crippen LogP contribution in [0.25, 0.3) is 0 Å². The molecule has 2 aromatic rings. The summed E-state index contributed by atoms with van der Waals surface area (Å²) in [6.07, 6.45) is 2.31. The lowest BCUT2D eigenvalue weighted by Gasteiger charge is -2.05. The zero-order chi connectivity index (χ0) is 14.4. The molecule has 4 nitrogen and oxygen atoms in total. The van der Waals surface area contributed by atoms with Gasteiger partial charge in [0.05, 0.1) is 11.4 Å². The van der Waals surface area contributed by atoms with Crippen LogP contribution in [0.1, 0.15) is 20.8 Å². The molecule has 20 heavy (non-hydrogen) atoms. The number of hydrogen-bond donors (Lipinski definition) is 1. The van der Waals surface area contributed by atoms with Gasteiger partial charge >= 0.3 is 5.91 Å². The summed E-state index contributed by atoms with van der Waals surface area (Å²) in [7, 11) is 0. The van der Waals surface area contributed by atoms with Gasteiger partial charge in [-0.05, 0) is 23.4 Å². The van der Waals surface area contributed by atoms with Crippen molar-refractivity contribution in [3.05, 3.63) is 64.4 Å². The smallest absolute Gasteiger partial charge is 0.305 e. The van der Waals surface area contributed by atoms with Crippen LogP contribution in [0.2, 0.25) is 0 Å². The zero-order valence-electron chi connectivity index (χ0n) is 10.8. The summed E-state index contributed by atoms with van der Waals surface area (Å²) in [5.41, 5.74) is 1.43. The van der Waals surface area contributed by atoms with Crippen molar-refractivity contribution >= 4 is 17.2 Å². The van der Waals surface area contributed by atoms with Gasteiger partial charge in [-0.1, -0.05) is 30.3 Å². The fraction of sp³-hybridized carbons (Fsp3) is 0.133. The van der Waals surface area contributed by atoms with Crippen molar-refractivity contribution < 1.29 is 9.90 Å². The molecule has 5 heteroatoms. The van der Waals surface area contributed by atoms with Gasteiger partial charge in [0.25, 0.3) is 0 Å². The van der Waals surface area contributed by atoms with Gasteiger partial charge in [0.1, 0.15) is 5.75 Å². The quantitative estimate of drug-likeness (QED) is 0.667. The fourth-order valence-corrected chi connectivity index (χ4v) is 2.32. The van der Waals surface area contributed by atoms with Crippen molar-refractivity contribution in [1.82, 2.24) is 0 Å². The van der Waals surface area contributed by atoms with Crippen LogP contribution in [0, 0.1) is 0 Å². The third kappa shape index (κ3) is 3.39. The van der Waals surface area contributed by atoms with Gasteiger partial charge in [0.15, 0.2) is 0 Å². The Morgan fingerprint density at radius 1 is 1.30 bits per heavy atom. The van der Waals surface area contributed by atoms with Gasteiger partial charge in [-0.3, -0.25) is 4.79 Å². The Balaban J connectivity index is 2.05. The second-order valence-corrected chi connectivity index (χ2v) is 5.05. The molecule has 0 unspecified atom stereocenters. The maximum Gasteiger partial charge on any atom is 0.305 e. The number of phenols is 1. The molecule has 0 atom stereocenters. The molecule has 0 radical (unpaired) electrons. The first-order chi connectivity index (χ1) is 9.72. The van der Waals surface area contributed by atoms with Gasteiger partial charge < -0.3 is 5.11 Å². The second-order valence-electron chi connectivity index (χ2n) is 4.10. The van der Waals surface area contributed by atoms with Gasteiger partial charge in [-0.15, -0.1) is 23.0 Å². The molecule has 1 N–H and O–H groups in total. The van der Waals surface area contributed by atoms with Crippen LogP contribution < -0.4 is 0 Å². The molecule has 0 bridgehead atoms. The highest BCUT2D eigenvalue weighted by Gasteiger charge is 2.07. The predicted octanol–water partition coefficient (Wildman–Crippen LogP) is 3.97. The number of allylic oxidation sites excluding steroid dienone is 1. The molecular formula is C15H14N2O2S. The van der Waals surface area contributed by atoms with Crippen LogP contribution in [-0.4, -0.2) is 11.0 Å². The van der Waals surface area contributed by atoms with Crippen molar-refractivity contribution in [3.63, 3.8) is 0 Å². The third-order valence-electron chi connectivity index (χ3n) is 2.70. The summed E-state index contributed by atoms with van der Waals surface area (Å²) in [5.74, 6) is -0.170. The summed E-state index contributed by atoms with van der Waals surface area (Å²) in [6.45, 7) is 3.82. The largest absolute Gasteiger partial charge is 0.507 e. The average molecular weight is 286 g/mol. The maximum atomic E-state index is 11.6. The highest BCUT2D eigenvalue weighted by Crippen LogP contribution is 2.24. The van der Waals surface area contributed by atoms with Crippen molar-refractivity contribution in [2.75, 3.05) is 0 Å². The molecule has 1 aromatic carbocycles. The summed E-state index contributed by atoms with van der Waals surface area (Å²) >= 11 is 1.33. The fourth-order valence-electron chi connectivity index (χ4n) is 1.72. The number of nitrogens with zero attached hydrogens (tertiary/aromatic N) is 2. The number of para-hydroxylation sites is 1. The van der Waals surface area contributed by atoms with E-state index in [2.05, 4.69) is 16.8 Å². The number of aromatic hydroxyl groups is 1. The van der Waals surface area contributed by atoms with Gasteiger partial charge in [-0.2, -0.15) is 5.11 Å². The van der Waals surface area contributed by atoms with E-state index in [1.165, 1.54) is 11.3 Å². The first-order valence-electron chi connectivity index (χ1n) is 6.08. The Hall–Kier alpha value is -2.27. The number of carbonyl (C=O) groups is 1. The molecule has 1 heterocycles. The Morgan fingerprint density at radius 2 is 2.10 bits per heavy atom. The van der Waals surface area contributed by atoms with E-state index in [0.717, 1.165) is 5.56 Å². The lowest BCUT2D eigenvalue weighted by atomic mass is 10.1. The molecule has 0 fully saturated rings. The molecular weight excluding hydrogens is 272 g/mol. The molecule has 2 rings (SSSR count). The first kappa shape index (κ1) is 14.1. The van der Waals surface area contributed by atoms with E-state index in [-0.39, 0.29) is 18.2 Å². The van der Waals surface area contributed by atoms with Crippen molar-refractivity contribution in [2.45, 2.75) is 13.0 Å². The number of amides is 1. The van der Waals surface area contributed by atoms with E-state index in [9.17, 15) is 9.90 Å². The average Bonchev–Trinajstić information content (AvgIpc) is 2.97. The highest BCUT2D eigenvalue weighted by molar-refractivity contribution is 7.12. The molecule has 0 spiro atoms. The van der Waals surface area contributed by atoms with Crippen molar-refractivity contribution in [3.8, 4) is 5.75 Å². The summed E-state index contributed by atoms with van der Waals surface area (Å²) in [6, 6.07) is 8.92. The summed E-state index contributed by atoms with van der Waals surface area (Å²) in [5, 5.41) is 19.3. The van der Waals surface area contributed by atoms with Crippen LogP contribution in [0.15, 0.2) is 58.6 Å². The van der Waals surface area contributed by atoms with Gasteiger partial charge in [0.2, 0.25) is 0 Å². The van der Waals surface area contributed by atoms with Crippen molar-refractivity contribution in [2.24, 2.45) is 10.2 Å². The van der Waals surface area contributed by atoms with Crippen LogP contribution in [0.3, 0.4) is 0 Å². The van der Waals surface area contributed by atoms with E-state index in [1.54, 1.807) is 24.3 Å². The molecule has 102 valence electrons. The van der Waals surface area contributed by atoms with E-state index in [0.29, 0.717) is 16.9 Å². The Morgan fingerprint density at radius 3 is 2.80 bits per heavy atom. The van der Waals surface area contributed by atoms with E-state index >= 15 is 0 Å². The normalized spacial score (nSPS) is 10.8. The maximum absolute atomic E-state index is 11.6. The minimum atomic E-state index is -0.360. The molecule has 1 aromatic heterocycles. The number of hydrogen-bond acceptors (Lipinski definition) is 4. The van der Waals surface area contributed by atoms with E-state index in [4.69, 9.17) is 0 Å². The molecule has 0 aliphatic heterocycles. The number of carbonyl (C=O) groups excluding carboxylic acids is 1. The van der Waals surface area contributed by atoms with Crippen LogP contribution in [0.5, 0.6) is 5.75 Å². The van der Waals surface area contributed by atoms with Gasteiger partial charge in [-0.25, -0.2) is 0 Å². The second kappa shape index (κ2) is 6.77. The molecule has 0 saturated carbocycles. The minimum absolute atomic E-state index is 0.175. The molecule has 0 saturated heterocycles. The Labute approximate surface area is 121 Å². The third-order valence-corrected chi connectivity index (χ3v) is 3.56. The van der Waals surface area contributed by atoms with Gasteiger partial charge in [0, 0.05) is 5.56 Å². The van der Waals surface area contributed by atoms with Crippen LogP contribution in [-0.2, 0) is 13.0 Å². The number of phenolic OH excluding ortho intramolecular Hbond substituents is 1. The van der Waals surface area contributed by atoms with Crippen molar-refractivity contribution in [1.29, 1.82) is 0 Å². The standard InChI is InChI=1S/C15H14N2O2S/c1-2-5-11-6-3-7-12(14(11)18)10-16-17-15(19)13-8-4-9-20-13/h2-4,6-9,18H,1,5,10H2. The van der Waals surface area contributed by atoms with E-state index < -0.39 is 0 Å². The zero-order valence-corrected chi connectivity index (χ0v) is 11.6. The Kier molecular flexibility index (Phi) is 4.79. The monoisotopic (exact) mass is 286 g/mol. The first-order valence-corrected chi connectivity index (χ1v) is 6.96. The molecule has 0 aliphatic carbocycles. The number of azo groups is 1. The SMILES string of the molecule is C=CCc1cccc(CN=NC(=O)c2cccs2)c1O. The van der Waals surface area contributed by atoms with Crippen LogP contribution in [0.4, 0.5) is 0 Å². The summed E-state index contributed by atoms with van der Waals surface area (Å²) in [4.78, 5) is 12.2. The lowest BCUT2D eigenvalue weighted by molar-refractivity contribution is 0.0997. The topological polar surface area (TPSA) is 62.0 Å². The minimum Gasteiger partial charge on any atom is -0.507 e. The highest BCUT2D eigenvalue weighted by atomic mass is 32.1. The number of thiophene rings is 1. The predicted molar refractivity (Wildman–Crippen MR) is 79.2 cm³/mol. The lowest BCUT2D eigenvalue weighted by Crippen LogP contribution is -1.91. The number of rotatable bonds is 5.